The lowest BCUT2D eigenvalue weighted by atomic mass is 9.96. The van der Waals surface area contributed by atoms with Crippen LogP contribution >= 0.6 is 11.6 Å². The molecule has 0 radical (unpaired) electrons. The Morgan fingerprint density at radius 1 is 1.13 bits per heavy atom. The van der Waals surface area contributed by atoms with Crippen LogP contribution in [0.1, 0.15) is 45.1 Å². The van der Waals surface area contributed by atoms with Gasteiger partial charge in [0.2, 0.25) is 5.89 Å². The number of amides is 1. The zero-order valence-corrected chi connectivity index (χ0v) is 26.7. The van der Waals surface area contributed by atoms with E-state index in [4.69, 9.17) is 21.0 Å². The van der Waals surface area contributed by atoms with Crippen molar-refractivity contribution in [1.82, 2.24) is 24.3 Å². The fourth-order valence-corrected chi connectivity index (χ4v) is 6.88. The first-order valence-corrected chi connectivity index (χ1v) is 15.7. The minimum absolute atomic E-state index is 0.322. The first kappa shape index (κ1) is 30.1. The average Bonchev–Trinajstić information content (AvgIpc) is 3.74. The smallest absolute Gasteiger partial charge is 0.291 e. The van der Waals surface area contributed by atoms with Gasteiger partial charge in [-0.15, -0.1) is 0 Å². The SMILES string of the molecule is Cc1c(-c2nc3cc(CN4CC[C@@H](F)C4)cc(C#N)c3o2)cccc1-c1cccc(NC(=O)c2nc3c(n2C)CCN(C)C3)c1Cl. The number of nitrogens with one attached hydrogen (secondary N) is 1. The van der Waals surface area contributed by atoms with E-state index in [0.717, 1.165) is 52.2 Å². The lowest BCUT2D eigenvalue weighted by molar-refractivity contribution is 0.101. The maximum Gasteiger partial charge on any atom is 0.291 e. The van der Waals surface area contributed by atoms with Crippen molar-refractivity contribution < 1.29 is 13.6 Å². The molecule has 5 aromatic rings. The predicted molar refractivity (Wildman–Crippen MR) is 175 cm³/mol. The third-order valence-electron chi connectivity index (χ3n) is 9.04. The highest BCUT2D eigenvalue weighted by molar-refractivity contribution is 6.36. The summed E-state index contributed by atoms with van der Waals surface area (Å²) in [5.74, 6) is 0.415. The third kappa shape index (κ3) is 5.45. The van der Waals surface area contributed by atoms with Crippen molar-refractivity contribution >= 4 is 34.3 Å². The Labute approximate surface area is 271 Å². The van der Waals surface area contributed by atoms with Crippen LogP contribution in [0.2, 0.25) is 5.02 Å². The summed E-state index contributed by atoms with van der Waals surface area (Å²) in [6, 6.07) is 17.3. The van der Waals surface area contributed by atoms with E-state index in [1.165, 1.54) is 0 Å². The number of benzene rings is 3. The van der Waals surface area contributed by atoms with E-state index in [1.54, 1.807) is 12.1 Å². The second-order valence-electron chi connectivity index (χ2n) is 12.2. The summed E-state index contributed by atoms with van der Waals surface area (Å²) in [4.78, 5) is 27.0. The molecule has 1 atom stereocenters. The van der Waals surface area contributed by atoms with Crippen molar-refractivity contribution in [2.45, 2.75) is 39.0 Å². The molecule has 9 nitrogen and oxygen atoms in total. The normalized spacial score (nSPS) is 16.9. The summed E-state index contributed by atoms with van der Waals surface area (Å²) in [7, 11) is 3.92. The second kappa shape index (κ2) is 12.0. The van der Waals surface area contributed by atoms with Gasteiger partial charge in [-0.1, -0.05) is 35.9 Å². The molecule has 46 heavy (non-hydrogen) atoms. The molecule has 0 saturated carbocycles. The van der Waals surface area contributed by atoms with E-state index in [9.17, 15) is 14.4 Å². The highest BCUT2D eigenvalue weighted by Crippen LogP contribution is 2.39. The van der Waals surface area contributed by atoms with Crippen LogP contribution in [0.3, 0.4) is 0 Å². The minimum atomic E-state index is -0.813. The summed E-state index contributed by atoms with van der Waals surface area (Å²) in [6.45, 7) is 5.23. The molecule has 2 aliphatic heterocycles. The predicted octanol–water partition coefficient (Wildman–Crippen LogP) is 6.51. The number of carbonyl (C=O) groups excluding carboxylic acids is 1. The average molecular weight is 638 g/mol. The van der Waals surface area contributed by atoms with Crippen LogP contribution in [0.25, 0.3) is 33.7 Å². The van der Waals surface area contributed by atoms with Gasteiger partial charge in [0, 0.05) is 63.0 Å². The van der Waals surface area contributed by atoms with E-state index in [1.807, 2.05) is 66.9 Å². The van der Waals surface area contributed by atoms with Crippen LogP contribution in [-0.2, 0) is 26.6 Å². The number of aromatic nitrogens is 3. The van der Waals surface area contributed by atoms with Crippen LogP contribution < -0.4 is 5.32 Å². The fraction of sp³-hybridized carbons (Fsp3) is 0.314. The molecule has 0 bridgehead atoms. The van der Waals surface area contributed by atoms with Gasteiger partial charge in [0.25, 0.3) is 5.91 Å². The van der Waals surface area contributed by atoms with Gasteiger partial charge in [-0.25, -0.2) is 14.4 Å². The number of carbonyl (C=O) groups is 1. The van der Waals surface area contributed by atoms with Crippen LogP contribution in [0, 0.1) is 18.3 Å². The van der Waals surface area contributed by atoms with Crippen LogP contribution in [0.5, 0.6) is 0 Å². The topological polar surface area (TPSA) is 103 Å². The molecule has 7 rings (SSSR count). The number of nitrogens with zero attached hydrogens (tertiary/aromatic N) is 6. The van der Waals surface area contributed by atoms with E-state index in [2.05, 4.69) is 21.3 Å². The Morgan fingerprint density at radius 2 is 1.91 bits per heavy atom. The first-order valence-electron chi connectivity index (χ1n) is 15.3. The maximum absolute atomic E-state index is 13.7. The van der Waals surface area contributed by atoms with Crippen molar-refractivity contribution in [3.63, 3.8) is 0 Å². The lowest BCUT2D eigenvalue weighted by Crippen LogP contribution is -2.27. The van der Waals surface area contributed by atoms with E-state index in [-0.39, 0.29) is 5.91 Å². The van der Waals surface area contributed by atoms with Gasteiger partial charge in [0.1, 0.15) is 17.8 Å². The van der Waals surface area contributed by atoms with Crippen LogP contribution in [0.4, 0.5) is 10.1 Å². The number of likely N-dealkylation sites (tertiary alicyclic amines) is 1. The number of fused-ring (bicyclic) bond motifs is 2. The Balaban J connectivity index is 1.19. The number of halogens is 2. The monoisotopic (exact) mass is 637 g/mol. The van der Waals surface area contributed by atoms with Gasteiger partial charge in [0.05, 0.1) is 22.0 Å². The molecule has 0 spiro atoms. The molecule has 2 aromatic heterocycles. The molecule has 11 heteroatoms. The van der Waals surface area contributed by atoms with Crippen LogP contribution in [0.15, 0.2) is 52.9 Å². The molecule has 0 aliphatic carbocycles. The zero-order valence-electron chi connectivity index (χ0n) is 25.9. The number of hydrogen-bond acceptors (Lipinski definition) is 7. The molecule has 0 unspecified atom stereocenters. The molecule has 2 aliphatic rings. The Bertz CT molecular complexity index is 2040. The molecule has 4 heterocycles. The number of hydrogen-bond donors (Lipinski definition) is 1. The van der Waals surface area contributed by atoms with E-state index in [0.29, 0.717) is 71.7 Å². The highest BCUT2D eigenvalue weighted by atomic mass is 35.5. The van der Waals surface area contributed by atoms with Crippen molar-refractivity contribution in [1.29, 1.82) is 5.26 Å². The second-order valence-corrected chi connectivity index (χ2v) is 12.6. The summed E-state index contributed by atoms with van der Waals surface area (Å²) in [5.41, 5.74) is 8.00. The molecule has 3 aromatic carbocycles. The molecule has 1 fully saturated rings. The van der Waals surface area contributed by atoms with Gasteiger partial charge >= 0.3 is 0 Å². The quantitative estimate of drug-likeness (QED) is 0.226. The molecular formula is C35H33ClFN7O2. The molecule has 1 saturated heterocycles. The van der Waals surface area contributed by atoms with Crippen molar-refractivity contribution in [2.24, 2.45) is 7.05 Å². The Hall–Kier alpha value is -4.56. The largest absolute Gasteiger partial charge is 0.435 e. The maximum atomic E-state index is 13.7. The number of nitriles is 1. The number of oxazole rings is 1. The van der Waals surface area contributed by atoms with Crippen molar-refractivity contribution in [3.05, 3.63) is 87.5 Å². The van der Waals surface area contributed by atoms with Gasteiger partial charge in [-0.05, 0) is 61.3 Å². The Morgan fingerprint density at radius 3 is 2.70 bits per heavy atom. The van der Waals surface area contributed by atoms with Crippen LogP contribution in [-0.4, -0.2) is 63.1 Å². The number of imidazole rings is 1. The summed E-state index contributed by atoms with van der Waals surface area (Å²) in [6.07, 6.45) is 0.555. The number of rotatable bonds is 6. The van der Waals surface area contributed by atoms with Crippen molar-refractivity contribution in [3.8, 4) is 28.7 Å². The van der Waals surface area contributed by atoms with Gasteiger partial charge in [-0.3, -0.25) is 9.69 Å². The highest BCUT2D eigenvalue weighted by Gasteiger charge is 2.26. The molecule has 1 N–H and O–H groups in total. The zero-order chi connectivity index (χ0) is 32.1. The summed E-state index contributed by atoms with van der Waals surface area (Å²) < 4.78 is 21.8. The summed E-state index contributed by atoms with van der Waals surface area (Å²) in [5, 5.41) is 13.3. The van der Waals surface area contributed by atoms with Crippen molar-refractivity contribution in [2.75, 3.05) is 32.0 Å². The minimum Gasteiger partial charge on any atom is -0.435 e. The molecular weight excluding hydrogens is 605 g/mol. The van der Waals surface area contributed by atoms with Gasteiger partial charge in [-0.2, -0.15) is 5.26 Å². The molecule has 1 amide bonds. The van der Waals surface area contributed by atoms with E-state index >= 15 is 0 Å². The number of alkyl halides is 1. The van der Waals surface area contributed by atoms with E-state index < -0.39 is 6.17 Å². The lowest BCUT2D eigenvalue weighted by Gasteiger charge is -2.21. The molecule has 234 valence electrons. The Kier molecular flexibility index (Phi) is 7.85. The van der Waals surface area contributed by atoms with Gasteiger partial charge < -0.3 is 19.2 Å². The summed E-state index contributed by atoms with van der Waals surface area (Å²) >= 11 is 6.95. The third-order valence-corrected chi connectivity index (χ3v) is 9.45. The standard InChI is InChI=1S/C35H33ClFN7O2/c1-20-24(26-8-5-9-27(31(26)36)40-34(45)33-39-29-19-42(2)12-11-30(29)43(33)3)6-4-7-25(20)35-41-28-15-21(14-22(16-38)32(28)46-35)17-44-13-10-23(37)18-44/h4-9,14-15,23H,10-13,17-19H2,1-3H3,(H,40,45)/t23-/m1/s1. The number of likely N-dealkylation sites (N-methyl/N-ethyl adjacent to an activating group) is 1. The first-order chi connectivity index (χ1) is 22.2. The fourth-order valence-electron chi connectivity index (χ4n) is 6.60. The number of anilines is 1. The van der Waals surface area contributed by atoms with Gasteiger partial charge in [0.15, 0.2) is 11.4 Å².